The predicted molar refractivity (Wildman–Crippen MR) is 80.9 cm³/mol. The van der Waals surface area contributed by atoms with Crippen molar-refractivity contribution in [1.29, 1.82) is 0 Å². The molecule has 0 unspecified atom stereocenters. The molecule has 1 aliphatic heterocycles. The molecule has 4 heteroatoms. The van der Waals surface area contributed by atoms with Crippen LogP contribution in [0, 0.1) is 19.3 Å². The van der Waals surface area contributed by atoms with Gasteiger partial charge < -0.3 is 15.4 Å². The average Bonchev–Trinajstić information content (AvgIpc) is 2.46. The number of nitrogens with two attached hydrogens (primary N) is 1. The molecule has 1 aromatic carbocycles. The van der Waals surface area contributed by atoms with Crippen LogP contribution in [-0.4, -0.2) is 32.7 Å². The molecule has 1 fully saturated rings. The number of ether oxygens (including phenoxy) is 1. The van der Waals surface area contributed by atoms with E-state index in [-0.39, 0.29) is 5.91 Å². The summed E-state index contributed by atoms with van der Waals surface area (Å²) in [6, 6.07) is 6.13. The third-order valence-electron chi connectivity index (χ3n) is 4.31. The molecule has 1 amide bonds. The van der Waals surface area contributed by atoms with E-state index in [9.17, 15) is 4.79 Å². The van der Waals surface area contributed by atoms with E-state index >= 15 is 0 Å². The molecule has 2 N–H and O–H groups in total. The SMILES string of the molecule is Cc1ccc(N(C)C(=O)C2(CN)CCOCC2)c(C)c1. The van der Waals surface area contributed by atoms with E-state index in [1.54, 1.807) is 4.90 Å². The van der Waals surface area contributed by atoms with Crippen LogP contribution in [0.3, 0.4) is 0 Å². The van der Waals surface area contributed by atoms with E-state index in [0.29, 0.717) is 32.6 Å². The van der Waals surface area contributed by atoms with Crippen LogP contribution < -0.4 is 10.6 Å². The first kappa shape index (κ1) is 15.0. The molecule has 1 aromatic rings. The van der Waals surface area contributed by atoms with Crippen LogP contribution in [-0.2, 0) is 9.53 Å². The quantitative estimate of drug-likeness (QED) is 0.919. The van der Waals surface area contributed by atoms with Gasteiger partial charge in [0.05, 0.1) is 5.41 Å². The maximum Gasteiger partial charge on any atom is 0.234 e. The number of amides is 1. The first-order valence-electron chi connectivity index (χ1n) is 7.13. The number of hydrogen-bond donors (Lipinski definition) is 1. The summed E-state index contributed by atoms with van der Waals surface area (Å²) in [5, 5.41) is 0. The largest absolute Gasteiger partial charge is 0.381 e. The Kier molecular flexibility index (Phi) is 4.45. The standard InChI is InChI=1S/C16H24N2O2/c1-12-4-5-14(13(2)10-12)18(3)15(19)16(11-17)6-8-20-9-7-16/h4-5,10H,6-9,11,17H2,1-3H3. The minimum atomic E-state index is -0.468. The molecule has 110 valence electrons. The highest BCUT2D eigenvalue weighted by Gasteiger charge is 2.41. The van der Waals surface area contributed by atoms with Crippen molar-refractivity contribution in [3.63, 3.8) is 0 Å². The Labute approximate surface area is 120 Å². The van der Waals surface area contributed by atoms with Gasteiger partial charge in [0.25, 0.3) is 0 Å². The van der Waals surface area contributed by atoms with E-state index in [2.05, 4.69) is 13.0 Å². The lowest BCUT2D eigenvalue weighted by Gasteiger charge is -2.38. The van der Waals surface area contributed by atoms with E-state index in [4.69, 9.17) is 10.5 Å². The zero-order chi connectivity index (χ0) is 14.8. The summed E-state index contributed by atoms with van der Waals surface area (Å²) >= 11 is 0. The fraction of sp³-hybridized carbons (Fsp3) is 0.562. The Balaban J connectivity index is 2.27. The zero-order valence-electron chi connectivity index (χ0n) is 12.6. The van der Waals surface area contributed by atoms with Gasteiger partial charge in [0.1, 0.15) is 0 Å². The molecule has 4 nitrogen and oxygen atoms in total. The third-order valence-corrected chi connectivity index (χ3v) is 4.31. The van der Waals surface area contributed by atoms with Gasteiger partial charge in [-0.2, -0.15) is 0 Å². The summed E-state index contributed by atoms with van der Waals surface area (Å²) in [6.07, 6.45) is 1.41. The first-order chi connectivity index (χ1) is 9.50. The lowest BCUT2D eigenvalue weighted by molar-refractivity contribution is -0.132. The highest BCUT2D eigenvalue weighted by atomic mass is 16.5. The minimum absolute atomic E-state index is 0.107. The highest BCUT2D eigenvalue weighted by molar-refractivity contribution is 5.98. The molecule has 2 rings (SSSR count). The molecule has 1 saturated heterocycles. The summed E-state index contributed by atoms with van der Waals surface area (Å²) in [5.41, 5.74) is 8.72. The van der Waals surface area contributed by atoms with Crippen LogP contribution in [0.2, 0.25) is 0 Å². The van der Waals surface area contributed by atoms with Crippen LogP contribution in [0.1, 0.15) is 24.0 Å². The van der Waals surface area contributed by atoms with Crippen LogP contribution in [0.4, 0.5) is 5.69 Å². The molecule has 0 aliphatic carbocycles. The van der Waals surface area contributed by atoms with Gasteiger partial charge >= 0.3 is 0 Å². The lowest BCUT2D eigenvalue weighted by Crippen LogP contribution is -2.50. The molecular weight excluding hydrogens is 252 g/mol. The predicted octanol–water partition coefficient (Wildman–Crippen LogP) is 2.02. The Bertz CT molecular complexity index is 493. The van der Waals surface area contributed by atoms with Gasteiger partial charge in [0, 0.05) is 32.5 Å². The molecule has 0 saturated carbocycles. The normalized spacial score (nSPS) is 17.8. The fourth-order valence-electron chi connectivity index (χ4n) is 2.91. The second-order valence-corrected chi connectivity index (χ2v) is 5.75. The minimum Gasteiger partial charge on any atom is -0.381 e. The van der Waals surface area contributed by atoms with Crippen molar-refractivity contribution in [1.82, 2.24) is 0 Å². The Morgan fingerprint density at radius 3 is 2.55 bits per heavy atom. The van der Waals surface area contributed by atoms with Crippen LogP contribution >= 0.6 is 0 Å². The average molecular weight is 276 g/mol. The maximum atomic E-state index is 12.9. The number of aryl methyl sites for hydroxylation is 2. The Morgan fingerprint density at radius 1 is 1.35 bits per heavy atom. The van der Waals surface area contributed by atoms with Crippen molar-refractivity contribution >= 4 is 11.6 Å². The molecule has 0 aromatic heterocycles. The summed E-state index contributed by atoms with van der Waals surface area (Å²) in [6.45, 7) is 5.70. The number of anilines is 1. The van der Waals surface area contributed by atoms with Crippen LogP contribution in [0.15, 0.2) is 18.2 Å². The maximum absolute atomic E-state index is 12.9. The topological polar surface area (TPSA) is 55.6 Å². The first-order valence-corrected chi connectivity index (χ1v) is 7.13. The van der Waals surface area contributed by atoms with E-state index in [1.165, 1.54) is 5.56 Å². The van der Waals surface area contributed by atoms with Gasteiger partial charge in [-0.05, 0) is 38.3 Å². The smallest absolute Gasteiger partial charge is 0.234 e. The molecule has 1 aliphatic rings. The number of nitrogens with zero attached hydrogens (tertiary/aromatic N) is 1. The van der Waals surface area contributed by atoms with Crippen LogP contribution in [0.5, 0.6) is 0 Å². The number of rotatable bonds is 3. The molecule has 0 bridgehead atoms. The fourth-order valence-corrected chi connectivity index (χ4v) is 2.91. The van der Waals surface area contributed by atoms with Gasteiger partial charge in [0.15, 0.2) is 0 Å². The monoisotopic (exact) mass is 276 g/mol. The third kappa shape index (κ3) is 2.72. The summed E-state index contributed by atoms with van der Waals surface area (Å²) in [4.78, 5) is 14.6. The van der Waals surface area contributed by atoms with Gasteiger partial charge in [-0.3, -0.25) is 4.79 Å². The number of benzene rings is 1. The molecule has 20 heavy (non-hydrogen) atoms. The van der Waals surface area contributed by atoms with E-state index in [0.717, 1.165) is 11.3 Å². The number of hydrogen-bond acceptors (Lipinski definition) is 3. The number of carbonyl (C=O) groups is 1. The highest BCUT2D eigenvalue weighted by Crippen LogP contribution is 2.33. The van der Waals surface area contributed by atoms with Gasteiger partial charge in [-0.15, -0.1) is 0 Å². The van der Waals surface area contributed by atoms with Crippen molar-refractivity contribution in [2.45, 2.75) is 26.7 Å². The van der Waals surface area contributed by atoms with Gasteiger partial charge in [0.2, 0.25) is 5.91 Å². The van der Waals surface area contributed by atoms with E-state index < -0.39 is 5.41 Å². The van der Waals surface area contributed by atoms with Gasteiger partial charge in [-0.25, -0.2) is 0 Å². The van der Waals surface area contributed by atoms with Gasteiger partial charge in [-0.1, -0.05) is 17.7 Å². The molecule has 1 heterocycles. The summed E-state index contributed by atoms with van der Waals surface area (Å²) < 4.78 is 5.38. The lowest BCUT2D eigenvalue weighted by atomic mass is 9.79. The Hall–Kier alpha value is -1.39. The molecule has 0 atom stereocenters. The van der Waals surface area contributed by atoms with Crippen molar-refractivity contribution in [2.24, 2.45) is 11.1 Å². The molecular formula is C16H24N2O2. The second kappa shape index (κ2) is 5.94. The van der Waals surface area contributed by atoms with Crippen molar-refractivity contribution < 1.29 is 9.53 Å². The van der Waals surface area contributed by atoms with Crippen LogP contribution in [0.25, 0.3) is 0 Å². The van der Waals surface area contributed by atoms with Crippen molar-refractivity contribution in [2.75, 3.05) is 31.7 Å². The van der Waals surface area contributed by atoms with Crippen molar-refractivity contribution in [3.05, 3.63) is 29.3 Å². The number of carbonyl (C=O) groups excluding carboxylic acids is 1. The Morgan fingerprint density at radius 2 is 2.00 bits per heavy atom. The summed E-state index contributed by atoms with van der Waals surface area (Å²) in [7, 11) is 1.84. The zero-order valence-corrected chi connectivity index (χ0v) is 12.6. The van der Waals surface area contributed by atoms with E-state index in [1.807, 2.05) is 26.1 Å². The second-order valence-electron chi connectivity index (χ2n) is 5.75. The molecule has 0 radical (unpaired) electrons. The van der Waals surface area contributed by atoms with Crippen molar-refractivity contribution in [3.8, 4) is 0 Å². The summed E-state index contributed by atoms with van der Waals surface area (Å²) in [5.74, 6) is 0.107. The molecule has 0 spiro atoms.